The van der Waals surface area contributed by atoms with Gasteiger partial charge in [-0.2, -0.15) is 0 Å². The van der Waals surface area contributed by atoms with E-state index in [9.17, 15) is 9.59 Å². The number of carbonyl (C=O) groups is 2. The summed E-state index contributed by atoms with van der Waals surface area (Å²) in [6.07, 6.45) is 4.43. The minimum absolute atomic E-state index is 0.0952. The Morgan fingerprint density at radius 1 is 1.18 bits per heavy atom. The van der Waals surface area contributed by atoms with Gasteiger partial charge in [0.05, 0.1) is 12.6 Å². The maximum atomic E-state index is 12.8. The molecule has 1 heterocycles. The fraction of sp³-hybridized carbons (Fsp3) is 0.882. The highest BCUT2D eigenvalue weighted by atomic mass is 16.2. The van der Waals surface area contributed by atoms with Gasteiger partial charge in [-0.3, -0.25) is 14.5 Å². The van der Waals surface area contributed by atoms with E-state index >= 15 is 0 Å². The van der Waals surface area contributed by atoms with Crippen molar-refractivity contribution in [1.29, 1.82) is 0 Å². The van der Waals surface area contributed by atoms with Crippen molar-refractivity contribution in [3.63, 3.8) is 0 Å². The van der Waals surface area contributed by atoms with Crippen LogP contribution in [0.3, 0.4) is 0 Å². The molecule has 1 saturated heterocycles. The van der Waals surface area contributed by atoms with Gasteiger partial charge >= 0.3 is 0 Å². The lowest BCUT2D eigenvalue weighted by molar-refractivity contribution is -0.141. The lowest BCUT2D eigenvalue weighted by Crippen LogP contribution is -2.53. The van der Waals surface area contributed by atoms with E-state index in [1.165, 1.54) is 6.42 Å². The molecule has 1 rings (SSSR count). The molecule has 0 aromatic rings. The van der Waals surface area contributed by atoms with Crippen LogP contribution < -0.4 is 0 Å². The molecule has 22 heavy (non-hydrogen) atoms. The number of rotatable bonds is 7. The molecule has 1 aliphatic heterocycles. The van der Waals surface area contributed by atoms with Crippen LogP contribution in [0.5, 0.6) is 0 Å². The highest BCUT2D eigenvalue weighted by molar-refractivity contribution is 5.83. The van der Waals surface area contributed by atoms with Crippen LogP contribution in [0, 0.1) is 0 Å². The number of amides is 2. The van der Waals surface area contributed by atoms with Crippen LogP contribution in [0.25, 0.3) is 0 Å². The van der Waals surface area contributed by atoms with Crippen LogP contribution >= 0.6 is 0 Å². The minimum atomic E-state index is -0.244. The summed E-state index contributed by atoms with van der Waals surface area (Å²) in [5.74, 6) is 0.263. The first-order valence-corrected chi connectivity index (χ1v) is 8.74. The summed E-state index contributed by atoms with van der Waals surface area (Å²) in [5.41, 5.74) is 0. The van der Waals surface area contributed by atoms with Crippen molar-refractivity contribution in [2.45, 2.75) is 65.5 Å². The second-order valence-electron chi connectivity index (χ2n) is 6.25. The molecule has 1 fully saturated rings. The van der Waals surface area contributed by atoms with Gasteiger partial charge in [-0.25, -0.2) is 0 Å². The third-order valence-electron chi connectivity index (χ3n) is 4.90. The SMILES string of the molecule is CCC1CCCCN1C(=O)C(C)N(C)CC(=O)N(CC)CC. The van der Waals surface area contributed by atoms with Gasteiger partial charge < -0.3 is 9.80 Å². The molecule has 5 heteroatoms. The minimum Gasteiger partial charge on any atom is -0.342 e. The number of hydrogen-bond acceptors (Lipinski definition) is 3. The maximum absolute atomic E-state index is 12.8. The zero-order valence-corrected chi connectivity index (χ0v) is 15.0. The highest BCUT2D eigenvalue weighted by Gasteiger charge is 2.31. The quantitative estimate of drug-likeness (QED) is 0.722. The molecule has 0 radical (unpaired) electrons. The monoisotopic (exact) mass is 311 g/mol. The number of nitrogens with zero attached hydrogens (tertiary/aromatic N) is 3. The van der Waals surface area contributed by atoms with Crippen LogP contribution in [0.2, 0.25) is 0 Å². The summed E-state index contributed by atoms with van der Waals surface area (Å²) >= 11 is 0. The lowest BCUT2D eigenvalue weighted by atomic mass is 9.99. The zero-order chi connectivity index (χ0) is 16.7. The number of carbonyl (C=O) groups excluding carboxylic acids is 2. The van der Waals surface area contributed by atoms with Gasteiger partial charge in [0.1, 0.15) is 0 Å². The van der Waals surface area contributed by atoms with E-state index in [0.29, 0.717) is 12.6 Å². The molecule has 128 valence electrons. The second-order valence-corrected chi connectivity index (χ2v) is 6.25. The Labute approximate surface area is 135 Å². The average Bonchev–Trinajstić information content (AvgIpc) is 2.54. The van der Waals surface area contributed by atoms with E-state index in [4.69, 9.17) is 0 Å². The van der Waals surface area contributed by atoms with E-state index in [2.05, 4.69) is 6.92 Å². The van der Waals surface area contributed by atoms with Crippen molar-refractivity contribution in [2.24, 2.45) is 0 Å². The Morgan fingerprint density at radius 3 is 2.36 bits per heavy atom. The van der Waals surface area contributed by atoms with Crippen molar-refractivity contribution in [3.05, 3.63) is 0 Å². The normalized spacial score (nSPS) is 20.1. The molecule has 0 aliphatic carbocycles. The van der Waals surface area contributed by atoms with E-state index in [0.717, 1.165) is 38.9 Å². The molecule has 0 spiro atoms. The smallest absolute Gasteiger partial charge is 0.239 e. The molecule has 5 nitrogen and oxygen atoms in total. The Hall–Kier alpha value is -1.10. The van der Waals surface area contributed by atoms with Gasteiger partial charge in [0.25, 0.3) is 0 Å². The van der Waals surface area contributed by atoms with Crippen molar-refractivity contribution in [1.82, 2.24) is 14.7 Å². The molecule has 0 saturated carbocycles. The Bertz CT molecular complexity index is 369. The predicted octanol–water partition coefficient (Wildman–Crippen LogP) is 1.97. The molecule has 0 bridgehead atoms. The fourth-order valence-corrected chi connectivity index (χ4v) is 3.17. The van der Waals surface area contributed by atoms with Gasteiger partial charge in [-0.05, 0) is 53.5 Å². The third kappa shape index (κ3) is 4.70. The summed E-state index contributed by atoms with van der Waals surface area (Å²) in [6, 6.07) is 0.127. The summed E-state index contributed by atoms with van der Waals surface area (Å²) in [4.78, 5) is 30.7. The zero-order valence-electron chi connectivity index (χ0n) is 15.0. The van der Waals surface area contributed by atoms with E-state index in [1.54, 1.807) is 0 Å². The van der Waals surface area contributed by atoms with Crippen LogP contribution in [-0.2, 0) is 9.59 Å². The Kier molecular flexibility index (Phi) is 7.87. The molecular weight excluding hydrogens is 278 g/mol. The van der Waals surface area contributed by atoms with Gasteiger partial charge in [0.2, 0.25) is 11.8 Å². The van der Waals surface area contributed by atoms with Gasteiger partial charge in [-0.1, -0.05) is 6.92 Å². The fourth-order valence-electron chi connectivity index (χ4n) is 3.17. The van der Waals surface area contributed by atoms with Crippen LogP contribution in [-0.4, -0.2) is 71.8 Å². The second kappa shape index (κ2) is 9.13. The van der Waals surface area contributed by atoms with Crippen molar-refractivity contribution >= 4 is 11.8 Å². The van der Waals surface area contributed by atoms with Gasteiger partial charge in [0.15, 0.2) is 0 Å². The third-order valence-corrected chi connectivity index (χ3v) is 4.90. The summed E-state index contributed by atoms with van der Waals surface area (Å²) in [5, 5.41) is 0. The van der Waals surface area contributed by atoms with Crippen LogP contribution in [0.15, 0.2) is 0 Å². The predicted molar refractivity (Wildman–Crippen MR) is 89.7 cm³/mol. The first-order chi connectivity index (χ1) is 10.5. The van der Waals surface area contributed by atoms with Crippen LogP contribution in [0.1, 0.15) is 53.4 Å². The van der Waals surface area contributed by atoms with Gasteiger partial charge in [0, 0.05) is 25.7 Å². The topological polar surface area (TPSA) is 43.9 Å². The highest BCUT2D eigenvalue weighted by Crippen LogP contribution is 2.21. The molecule has 2 unspecified atom stereocenters. The van der Waals surface area contributed by atoms with Crippen molar-refractivity contribution in [2.75, 3.05) is 33.2 Å². The van der Waals surface area contributed by atoms with Crippen LogP contribution in [0.4, 0.5) is 0 Å². The molecule has 2 atom stereocenters. The number of likely N-dealkylation sites (N-methyl/N-ethyl adjacent to an activating group) is 2. The lowest BCUT2D eigenvalue weighted by Gasteiger charge is -2.38. The van der Waals surface area contributed by atoms with E-state index in [-0.39, 0.29) is 17.9 Å². The number of hydrogen-bond donors (Lipinski definition) is 0. The summed E-state index contributed by atoms with van der Waals surface area (Å²) in [6.45, 7) is 10.6. The van der Waals surface area contributed by atoms with Gasteiger partial charge in [-0.15, -0.1) is 0 Å². The summed E-state index contributed by atoms with van der Waals surface area (Å²) < 4.78 is 0. The molecule has 0 aromatic heterocycles. The van der Waals surface area contributed by atoms with Crippen molar-refractivity contribution < 1.29 is 9.59 Å². The Balaban J connectivity index is 2.62. The van der Waals surface area contributed by atoms with E-state index in [1.807, 2.05) is 42.5 Å². The largest absolute Gasteiger partial charge is 0.342 e. The first kappa shape index (κ1) is 18.9. The first-order valence-electron chi connectivity index (χ1n) is 8.74. The average molecular weight is 311 g/mol. The maximum Gasteiger partial charge on any atom is 0.239 e. The molecular formula is C17H33N3O2. The standard InChI is InChI=1S/C17H33N3O2/c1-6-15-11-9-10-12-20(15)17(22)14(4)18(5)13-16(21)19(7-2)8-3/h14-15H,6-13H2,1-5H3. The molecule has 0 aromatic carbocycles. The van der Waals surface area contributed by atoms with Crippen molar-refractivity contribution in [3.8, 4) is 0 Å². The molecule has 2 amide bonds. The number of likely N-dealkylation sites (tertiary alicyclic amines) is 1. The summed E-state index contributed by atoms with van der Waals surface area (Å²) in [7, 11) is 1.87. The molecule has 1 aliphatic rings. The van der Waals surface area contributed by atoms with E-state index < -0.39 is 0 Å². The number of piperidine rings is 1. The Morgan fingerprint density at radius 2 is 1.82 bits per heavy atom. The molecule has 0 N–H and O–H groups in total.